The second kappa shape index (κ2) is 5.54. The zero-order chi connectivity index (χ0) is 13.1. The highest BCUT2D eigenvalue weighted by Crippen LogP contribution is 2.23. The number of furan rings is 1. The zero-order valence-electron chi connectivity index (χ0n) is 10.3. The molecule has 100 valence electrons. The number of carbonyl (C=O) groups excluding carboxylic acids is 1. The summed E-state index contributed by atoms with van der Waals surface area (Å²) in [5.41, 5.74) is 0.425. The lowest BCUT2D eigenvalue weighted by Crippen LogP contribution is -2.31. The van der Waals surface area contributed by atoms with Crippen LogP contribution in [-0.4, -0.2) is 30.1 Å². The van der Waals surface area contributed by atoms with Crippen LogP contribution in [-0.2, 0) is 4.74 Å². The Bertz CT molecular complexity index is 544. The molecule has 1 saturated heterocycles. The molecule has 0 spiro atoms. The van der Waals surface area contributed by atoms with E-state index in [4.69, 9.17) is 9.15 Å². The molecule has 3 heterocycles. The van der Waals surface area contributed by atoms with Gasteiger partial charge in [-0.1, -0.05) is 0 Å². The summed E-state index contributed by atoms with van der Waals surface area (Å²) < 4.78 is 10.7. The van der Waals surface area contributed by atoms with Gasteiger partial charge >= 0.3 is 0 Å². The highest BCUT2D eigenvalue weighted by molar-refractivity contribution is 7.13. The lowest BCUT2D eigenvalue weighted by Gasteiger charge is -2.09. The molecule has 0 aromatic carbocycles. The zero-order valence-corrected chi connectivity index (χ0v) is 11.1. The largest absolute Gasteiger partial charge is 0.462 e. The van der Waals surface area contributed by atoms with Crippen molar-refractivity contribution >= 4 is 17.2 Å². The number of hydrogen-bond donors (Lipinski definition) is 1. The van der Waals surface area contributed by atoms with Gasteiger partial charge in [-0.3, -0.25) is 4.79 Å². The Morgan fingerprint density at radius 3 is 3.26 bits per heavy atom. The molecule has 2 aromatic rings. The number of ether oxygens (including phenoxy) is 1. The third kappa shape index (κ3) is 2.85. The van der Waals surface area contributed by atoms with Gasteiger partial charge in [0.1, 0.15) is 5.69 Å². The molecule has 0 bridgehead atoms. The van der Waals surface area contributed by atoms with E-state index in [0.717, 1.165) is 19.4 Å². The van der Waals surface area contributed by atoms with Crippen LogP contribution in [0.5, 0.6) is 0 Å². The van der Waals surface area contributed by atoms with Crippen molar-refractivity contribution in [2.45, 2.75) is 18.9 Å². The van der Waals surface area contributed by atoms with E-state index in [1.807, 2.05) is 6.07 Å². The standard InChI is InChI=1S/C13H14N2O3S/c16-12(14-7-9-3-1-5-17-9)10-8-19-13(15-10)11-4-2-6-18-11/h2,4,6,8-9H,1,3,5,7H2,(H,14,16)/t9-/m1/s1. The van der Waals surface area contributed by atoms with Crippen molar-refractivity contribution in [1.29, 1.82) is 0 Å². The molecule has 1 atom stereocenters. The monoisotopic (exact) mass is 278 g/mol. The van der Waals surface area contributed by atoms with Crippen LogP contribution in [0.1, 0.15) is 23.3 Å². The van der Waals surface area contributed by atoms with Crippen LogP contribution in [0, 0.1) is 0 Å². The summed E-state index contributed by atoms with van der Waals surface area (Å²) in [4.78, 5) is 16.2. The molecule has 1 amide bonds. The van der Waals surface area contributed by atoms with E-state index in [-0.39, 0.29) is 12.0 Å². The predicted octanol–water partition coefficient (Wildman–Crippen LogP) is 2.31. The molecule has 5 nitrogen and oxygen atoms in total. The van der Waals surface area contributed by atoms with Crippen LogP contribution in [0.2, 0.25) is 0 Å². The summed E-state index contributed by atoms with van der Waals surface area (Å²) >= 11 is 1.40. The second-order valence-corrected chi connectivity index (χ2v) is 5.22. The SMILES string of the molecule is O=C(NC[C@H]1CCCO1)c1csc(-c2ccco2)n1. The van der Waals surface area contributed by atoms with Crippen molar-refractivity contribution < 1.29 is 13.9 Å². The topological polar surface area (TPSA) is 64.4 Å². The van der Waals surface area contributed by atoms with Crippen LogP contribution >= 0.6 is 11.3 Å². The van der Waals surface area contributed by atoms with E-state index < -0.39 is 0 Å². The quantitative estimate of drug-likeness (QED) is 0.932. The fourth-order valence-electron chi connectivity index (χ4n) is 1.99. The lowest BCUT2D eigenvalue weighted by molar-refractivity contribution is 0.0854. The Kier molecular flexibility index (Phi) is 3.61. The first-order chi connectivity index (χ1) is 9.33. The molecule has 2 aromatic heterocycles. The third-order valence-electron chi connectivity index (χ3n) is 2.98. The fourth-order valence-corrected chi connectivity index (χ4v) is 2.76. The summed E-state index contributed by atoms with van der Waals surface area (Å²) in [5.74, 6) is 0.521. The first-order valence-electron chi connectivity index (χ1n) is 6.22. The van der Waals surface area contributed by atoms with Crippen LogP contribution in [0.3, 0.4) is 0 Å². The Labute approximate surface area is 114 Å². The Hall–Kier alpha value is -1.66. The number of rotatable bonds is 4. The highest BCUT2D eigenvalue weighted by Gasteiger charge is 2.18. The van der Waals surface area contributed by atoms with Gasteiger partial charge in [0.25, 0.3) is 5.91 Å². The van der Waals surface area contributed by atoms with E-state index >= 15 is 0 Å². The van der Waals surface area contributed by atoms with Gasteiger partial charge in [-0.15, -0.1) is 11.3 Å². The van der Waals surface area contributed by atoms with Crippen molar-refractivity contribution in [3.63, 3.8) is 0 Å². The maximum Gasteiger partial charge on any atom is 0.270 e. The first-order valence-corrected chi connectivity index (χ1v) is 7.10. The number of thiazole rings is 1. The average molecular weight is 278 g/mol. The maximum atomic E-state index is 11.9. The molecule has 0 aliphatic carbocycles. The average Bonchev–Trinajstić information content (AvgIpc) is 3.14. The van der Waals surface area contributed by atoms with E-state index in [1.165, 1.54) is 11.3 Å². The van der Waals surface area contributed by atoms with E-state index in [0.29, 0.717) is 23.0 Å². The molecule has 1 N–H and O–H groups in total. The van der Waals surface area contributed by atoms with E-state index in [2.05, 4.69) is 10.3 Å². The number of amides is 1. The molecule has 0 radical (unpaired) electrons. The number of hydrogen-bond acceptors (Lipinski definition) is 5. The normalized spacial score (nSPS) is 18.6. The van der Waals surface area contributed by atoms with Gasteiger partial charge in [-0.25, -0.2) is 4.98 Å². The Balaban J connectivity index is 1.60. The van der Waals surface area contributed by atoms with Crippen molar-refractivity contribution in [2.75, 3.05) is 13.2 Å². The van der Waals surface area contributed by atoms with Gasteiger partial charge in [-0.2, -0.15) is 0 Å². The van der Waals surface area contributed by atoms with Crippen LogP contribution in [0.25, 0.3) is 10.8 Å². The van der Waals surface area contributed by atoms with Crippen molar-refractivity contribution in [3.8, 4) is 10.8 Å². The fraction of sp³-hybridized carbons (Fsp3) is 0.385. The van der Waals surface area contributed by atoms with Gasteiger partial charge in [-0.05, 0) is 25.0 Å². The maximum absolute atomic E-state index is 11.9. The molecular formula is C13H14N2O3S. The summed E-state index contributed by atoms with van der Waals surface area (Å²) in [6.07, 6.45) is 3.81. The summed E-state index contributed by atoms with van der Waals surface area (Å²) in [6, 6.07) is 3.63. The Morgan fingerprint density at radius 2 is 2.53 bits per heavy atom. The molecule has 0 saturated carbocycles. The number of nitrogens with zero attached hydrogens (tertiary/aromatic N) is 1. The molecule has 3 rings (SSSR count). The van der Waals surface area contributed by atoms with Gasteiger partial charge < -0.3 is 14.5 Å². The van der Waals surface area contributed by atoms with Gasteiger partial charge in [0.05, 0.1) is 12.4 Å². The first kappa shape index (κ1) is 12.4. The Morgan fingerprint density at radius 1 is 1.58 bits per heavy atom. The van der Waals surface area contributed by atoms with Crippen molar-refractivity contribution in [3.05, 3.63) is 29.5 Å². The summed E-state index contributed by atoms with van der Waals surface area (Å²) in [5, 5.41) is 5.30. The molecule has 6 heteroatoms. The van der Waals surface area contributed by atoms with E-state index in [1.54, 1.807) is 17.7 Å². The highest BCUT2D eigenvalue weighted by atomic mass is 32.1. The minimum absolute atomic E-state index is 0.145. The van der Waals surface area contributed by atoms with Crippen molar-refractivity contribution in [1.82, 2.24) is 10.3 Å². The summed E-state index contributed by atoms with van der Waals surface area (Å²) in [7, 11) is 0. The van der Waals surface area contributed by atoms with Crippen LogP contribution in [0.4, 0.5) is 0 Å². The molecule has 1 aliphatic heterocycles. The van der Waals surface area contributed by atoms with Crippen LogP contribution in [0.15, 0.2) is 28.2 Å². The number of nitrogens with one attached hydrogen (secondary N) is 1. The molecule has 0 unspecified atom stereocenters. The van der Waals surface area contributed by atoms with Crippen molar-refractivity contribution in [2.24, 2.45) is 0 Å². The number of aromatic nitrogens is 1. The van der Waals surface area contributed by atoms with E-state index in [9.17, 15) is 4.79 Å². The lowest BCUT2D eigenvalue weighted by atomic mass is 10.2. The molecule has 1 aliphatic rings. The minimum atomic E-state index is -0.162. The number of carbonyl (C=O) groups is 1. The van der Waals surface area contributed by atoms with Gasteiger partial charge in [0.2, 0.25) is 0 Å². The van der Waals surface area contributed by atoms with Gasteiger partial charge in [0.15, 0.2) is 10.8 Å². The summed E-state index contributed by atoms with van der Waals surface area (Å²) in [6.45, 7) is 1.34. The van der Waals surface area contributed by atoms with Crippen LogP contribution < -0.4 is 5.32 Å². The smallest absolute Gasteiger partial charge is 0.270 e. The molecule has 1 fully saturated rings. The minimum Gasteiger partial charge on any atom is -0.462 e. The molecular weight excluding hydrogens is 264 g/mol. The molecule has 19 heavy (non-hydrogen) atoms. The second-order valence-electron chi connectivity index (χ2n) is 4.36. The third-order valence-corrected chi connectivity index (χ3v) is 3.84. The predicted molar refractivity (Wildman–Crippen MR) is 71.1 cm³/mol. The van der Waals surface area contributed by atoms with Gasteiger partial charge in [0, 0.05) is 18.5 Å².